The number of ether oxygens (including phenoxy) is 6. The van der Waals surface area contributed by atoms with Crippen LogP contribution in [0.3, 0.4) is 0 Å². The quantitative estimate of drug-likeness (QED) is 0.0883. The van der Waals surface area contributed by atoms with E-state index in [9.17, 15) is 28.8 Å². The maximum atomic E-state index is 12.0. The molecule has 2 aromatic rings. The molecule has 0 N–H and O–H groups in total. The Labute approximate surface area is 241 Å². The Morgan fingerprint density at radius 1 is 0.476 bits per heavy atom. The summed E-state index contributed by atoms with van der Waals surface area (Å²) in [5.74, 6) is -3.18. The molecule has 12 heteroatoms. The van der Waals surface area contributed by atoms with Gasteiger partial charge in [0.1, 0.15) is 37.9 Å². The van der Waals surface area contributed by atoms with Crippen LogP contribution < -0.4 is 9.47 Å². The number of benzene rings is 2. The zero-order valence-electron chi connectivity index (χ0n) is 22.7. The molecule has 222 valence electrons. The van der Waals surface area contributed by atoms with E-state index >= 15 is 0 Å². The summed E-state index contributed by atoms with van der Waals surface area (Å²) < 4.78 is 29.5. The van der Waals surface area contributed by atoms with Crippen LogP contribution in [0.4, 0.5) is 0 Å². The Kier molecular flexibility index (Phi) is 14.2. The molecule has 0 aliphatic heterocycles. The van der Waals surface area contributed by atoms with E-state index in [4.69, 9.17) is 18.9 Å². The topological polar surface area (TPSA) is 158 Å². The van der Waals surface area contributed by atoms with Crippen molar-refractivity contribution in [3.05, 3.63) is 73.8 Å². The lowest BCUT2D eigenvalue weighted by Gasteiger charge is -2.08. The van der Waals surface area contributed by atoms with Crippen molar-refractivity contribution in [1.82, 2.24) is 0 Å². The second-order valence-electron chi connectivity index (χ2n) is 8.18. The number of rotatable bonds is 17. The Balaban J connectivity index is 1.70. The first kappa shape index (κ1) is 32.9. The summed E-state index contributed by atoms with van der Waals surface area (Å²) in [6.07, 6.45) is 1.21. The van der Waals surface area contributed by atoms with Crippen molar-refractivity contribution >= 4 is 35.8 Å². The van der Waals surface area contributed by atoms with Crippen molar-refractivity contribution in [2.45, 2.75) is 25.7 Å². The molecule has 2 rings (SSSR count). The maximum Gasteiger partial charge on any atom is 0.330 e. The van der Waals surface area contributed by atoms with Crippen LogP contribution in [0.15, 0.2) is 73.8 Å². The molecule has 0 aliphatic rings. The molecule has 2 aromatic carbocycles. The molecule has 42 heavy (non-hydrogen) atoms. The highest BCUT2D eigenvalue weighted by Gasteiger charge is 2.12. The third-order valence-electron chi connectivity index (χ3n) is 5.09. The van der Waals surface area contributed by atoms with E-state index in [0.717, 1.165) is 23.3 Å². The highest BCUT2D eigenvalue weighted by atomic mass is 16.6. The Bertz CT molecular complexity index is 1160. The highest BCUT2D eigenvalue weighted by Crippen LogP contribution is 2.25. The normalized spacial score (nSPS) is 10.0. The molecule has 0 aromatic heterocycles. The molecule has 0 heterocycles. The Hall–Kier alpha value is -5.26. The van der Waals surface area contributed by atoms with Crippen molar-refractivity contribution in [3.63, 3.8) is 0 Å². The number of hydrogen-bond acceptors (Lipinski definition) is 12. The molecule has 0 aliphatic carbocycles. The molecule has 12 nitrogen and oxygen atoms in total. The standard InChI is InChI=1S/C30H30O12/c1-3-25(31)37-17-19-39-27(33)13-15-29(35)41-23-9-5-21(6-10-23)22-7-11-24(12-8-22)42-30(36)16-14-28(34)40-20-18-38-26(32)4-2/h3-12H,1-2,13-20H2. The lowest BCUT2D eigenvalue weighted by molar-refractivity contribution is -0.151. The lowest BCUT2D eigenvalue weighted by Crippen LogP contribution is -2.15. The molecule has 0 bridgehead atoms. The summed E-state index contributed by atoms with van der Waals surface area (Å²) in [6, 6.07) is 13.3. The smallest absolute Gasteiger partial charge is 0.330 e. The highest BCUT2D eigenvalue weighted by molar-refractivity contribution is 5.82. The zero-order chi connectivity index (χ0) is 30.7. The summed E-state index contributed by atoms with van der Waals surface area (Å²) >= 11 is 0. The van der Waals surface area contributed by atoms with Gasteiger partial charge in [0, 0.05) is 12.2 Å². The molecule has 0 atom stereocenters. The minimum Gasteiger partial charge on any atom is -0.462 e. The van der Waals surface area contributed by atoms with Crippen molar-refractivity contribution < 1.29 is 57.2 Å². The number of hydrogen-bond donors (Lipinski definition) is 0. The van der Waals surface area contributed by atoms with Gasteiger partial charge in [-0.05, 0) is 35.4 Å². The summed E-state index contributed by atoms with van der Waals surface area (Å²) in [6.45, 7) is 6.00. The number of carbonyl (C=O) groups excluding carboxylic acids is 6. The number of esters is 6. The van der Waals surface area contributed by atoms with E-state index in [2.05, 4.69) is 22.6 Å². The van der Waals surface area contributed by atoms with Crippen LogP contribution >= 0.6 is 0 Å². The lowest BCUT2D eigenvalue weighted by atomic mass is 10.1. The molecule has 0 saturated heterocycles. The summed E-state index contributed by atoms with van der Waals surface area (Å²) in [5, 5.41) is 0. The van der Waals surface area contributed by atoms with E-state index in [-0.39, 0.29) is 63.6 Å². The van der Waals surface area contributed by atoms with Gasteiger partial charge in [0.25, 0.3) is 0 Å². The monoisotopic (exact) mass is 582 g/mol. The van der Waals surface area contributed by atoms with Gasteiger partial charge in [-0.3, -0.25) is 19.2 Å². The van der Waals surface area contributed by atoms with Gasteiger partial charge in [-0.2, -0.15) is 0 Å². The van der Waals surface area contributed by atoms with Gasteiger partial charge in [-0.15, -0.1) is 0 Å². The van der Waals surface area contributed by atoms with Crippen LogP contribution in [0.25, 0.3) is 11.1 Å². The first-order chi connectivity index (χ1) is 20.2. The Morgan fingerprint density at radius 3 is 1.12 bits per heavy atom. The first-order valence-electron chi connectivity index (χ1n) is 12.7. The largest absolute Gasteiger partial charge is 0.462 e. The second-order valence-corrected chi connectivity index (χ2v) is 8.18. The predicted octanol–water partition coefficient (Wildman–Crippen LogP) is 3.27. The van der Waals surface area contributed by atoms with Gasteiger partial charge in [0.2, 0.25) is 0 Å². The minimum absolute atomic E-state index is 0.112. The van der Waals surface area contributed by atoms with Gasteiger partial charge in [0.05, 0.1) is 25.7 Å². The molecule has 0 amide bonds. The van der Waals surface area contributed by atoms with Crippen LogP contribution in [0, 0.1) is 0 Å². The summed E-state index contributed by atoms with van der Waals surface area (Å²) in [7, 11) is 0. The molecule has 0 spiro atoms. The van der Waals surface area contributed by atoms with Crippen molar-refractivity contribution in [1.29, 1.82) is 0 Å². The molecule has 0 fully saturated rings. The summed E-state index contributed by atoms with van der Waals surface area (Å²) in [4.78, 5) is 69.2. The average Bonchev–Trinajstić information content (AvgIpc) is 2.99. The van der Waals surface area contributed by atoms with Crippen molar-refractivity contribution in [3.8, 4) is 22.6 Å². The van der Waals surface area contributed by atoms with E-state index in [1.807, 2.05) is 0 Å². The van der Waals surface area contributed by atoms with E-state index in [0.29, 0.717) is 0 Å². The first-order valence-corrected chi connectivity index (χ1v) is 12.7. The maximum absolute atomic E-state index is 12.0. The van der Waals surface area contributed by atoms with Gasteiger partial charge >= 0.3 is 35.8 Å². The van der Waals surface area contributed by atoms with Crippen LogP contribution in [-0.4, -0.2) is 62.2 Å². The van der Waals surface area contributed by atoms with Gasteiger partial charge in [-0.25, -0.2) is 9.59 Å². The van der Waals surface area contributed by atoms with Crippen molar-refractivity contribution in [2.24, 2.45) is 0 Å². The van der Waals surface area contributed by atoms with E-state index in [1.165, 1.54) is 0 Å². The second kappa shape index (κ2) is 18.2. The van der Waals surface area contributed by atoms with E-state index in [1.54, 1.807) is 48.5 Å². The van der Waals surface area contributed by atoms with Crippen LogP contribution in [0.5, 0.6) is 11.5 Å². The van der Waals surface area contributed by atoms with E-state index < -0.39 is 35.8 Å². The molecular formula is C30H30O12. The minimum atomic E-state index is -0.630. The fourth-order valence-electron chi connectivity index (χ4n) is 3.06. The van der Waals surface area contributed by atoms with Gasteiger partial charge < -0.3 is 28.4 Å². The Morgan fingerprint density at radius 2 is 0.786 bits per heavy atom. The number of carbonyl (C=O) groups is 6. The third kappa shape index (κ3) is 13.2. The van der Waals surface area contributed by atoms with Gasteiger partial charge in [-0.1, -0.05) is 37.4 Å². The fourth-order valence-corrected chi connectivity index (χ4v) is 3.06. The van der Waals surface area contributed by atoms with Crippen LogP contribution in [0.1, 0.15) is 25.7 Å². The van der Waals surface area contributed by atoms with Crippen LogP contribution in [0.2, 0.25) is 0 Å². The van der Waals surface area contributed by atoms with Gasteiger partial charge in [0.15, 0.2) is 0 Å². The zero-order valence-corrected chi connectivity index (χ0v) is 22.7. The molecule has 0 saturated carbocycles. The molecule has 0 radical (unpaired) electrons. The predicted molar refractivity (Wildman–Crippen MR) is 146 cm³/mol. The molecular weight excluding hydrogens is 552 g/mol. The van der Waals surface area contributed by atoms with Crippen LogP contribution in [-0.2, 0) is 47.7 Å². The van der Waals surface area contributed by atoms with Crippen molar-refractivity contribution in [2.75, 3.05) is 26.4 Å². The molecule has 0 unspecified atom stereocenters. The third-order valence-corrected chi connectivity index (χ3v) is 5.09. The SMILES string of the molecule is C=CC(=O)OCCOC(=O)CCC(=O)Oc1ccc(-c2ccc(OC(=O)CCC(=O)OCCOC(=O)C=C)cc2)cc1. The average molecular weight is 583 g/mol. The summed E-state index contributed by atoms with van der Waals surface area (Å²) in [5.41, 5.74) is 1.60. The fraction of sp³-hybridized carbons (Fsp3) is 0.267.